The number of fused-ring (bicyclic) bond motifs is 1. The lowest BCUT2D eigenvalue weighted by Crippen LogP contribution is -2.38. The zero-order valence-corrected chi connectivity index (χ0v) is 16.5. The van der Waals surface area contributed by atoms with E-state index in [0.717, 1.165) is 29.9 Å². The molecule has 0 aliphatic carbocycles. The predicted molar refractivity (Wildman–Crippen MR) is 109 cm³/mol. The molecule has 5 heteroatoms. The van der Waals surface area contributed by atoms with Crippen LogP contribution in [-0.4, -0.2) is 38.9 Å². The Morgan fingerprint density at radius 2 is 2.04 bits per heavy atom. The largest absolute Gasteiger partial charge is 0.494 e. The van der Waals surface area contributed by atoms with Gasteiger partial charge < -0.3 is 19.5 Å². The average molecular weight is 383 g/mol. The molecule has 28 heavy (non-hydrogen) atoms. The van der Waals surface area contributed by atoms with Crippen molar-refractivity contribution >= 4 is 5.91 Å². The van der Waals surface area contributed by atoms with Crippen molar-refractivity contribution in [2.75, 3.05) is 33.0 Å². The van der Waals surface area contributed by atoms with Gasteiger partial charge in [-0.3, -0.25) is 4.79 Å². The van der Waals surface area contributed by atoms with Gasteiger partial charge in [0.2, 0.25) is 5.91 Å². The molecule has 1 atom stereocenters. The quantitative estimate of drug-likeness (QED) is 0.639. The number of ether oxygens (including phenoxy) is 3. The molecule has 1 aliphatic rings. The van der Waals surface area contributed by atoms with E-state index in [1.165, 1.54) is 5.56 Å². The molecule has 1 heterocycles. The SMILES string of the molecule is CCOc1ccc2c(c1)CC(C(=O)NCCCOCCc1ccccc1)CO2. The highest BCUT2D eigenvalue weighted by atomic mass is 16.5. The van der Waals surface area contributed by atoms with Crippen LogP contribution >= 0.6 is 0 Å². The molecule has 1 N–H and O–H groups in total. The third-order valence-electron chi connectivity index (χ3n) is 4.76. The molecule has 3 rings (SSSR count). The topological polar surface area (TPSA) is 56.8 Å². The minimum absolute atomic E-state index is 0.0387. The molecule has 2 aromatic carbocycles. The number of amides is 1. The molecule has 1 amide bonds. The Hall–Kier alpha value is -2.53. The molecule has 0 fully saturated rings. The van der Waals surface area contributed by atoms with Crippen molar-refractivity contribution in [2.45, 2.75) is 26.2 Å². The molecular weight excluding hydrogens is 354 g/mol. The Kier molecular flexibility index (Phi) is 7.73. The minimum atomic E-state index is -0.164. The molecule has 0 radical (unpaired) electrons. The zero-order chi connectivity index (χ0) is 19.6. The maximum absolute atomic E-state index is 12.4. The first-order chi connectivity index (χ1) is 13.8. The van der Waals surface area contributed by atoms with E-state index >= 15 is 0 Å². The third kappa shape index (κ3) is 5.99. The summed E-state index contributed by atoms with van der Waals surface area (Å²) in [6.45, 7) is 4.96. The Morgan fingerprint density at radius 3 is 2.86 bits per heavy atom. The highest BCUT2D eigenvalue weighted by molar-refractivity contribution is 5.79. The normalized spacial score (nSPS) is 15.4. The zero-order valence-electron chi connectivity index (χ0n) is 16.5. The van der Waals surface area contributed by atoms with Crippen LogP contribution in [0.4, 0.5) is 0 Å². The van der Waals surface area contributed by atoms with Gasteiger partial charge >= 0.3 is 0 Å². The number of benzene rings is 2. The van der Waals surface area contributed by atoms with E-state index in [4.69, 9.17) is 14.2 Å². The van der Waals surface area contributed by atoms with Crippen LogP contribution < -0.4 is 14.8 Å². The van der Waals surface area contributed by atoms with Gasteiger partial charge in [-0.1, -0.05) is 30.3 Å². The number of hydrogen-bond acceptors (Lipinski definition) is 4. The molecule has 0 bridgehead atoms. The first-order valence-corrected chi connectivity index (χ1v) is 10.0. The summed E-state index contributed by atoms with van der Waals surface area (Å²) in [7, 11) is 0. The molecule has 1 unspecified atom stereocenters. The summed E-state index contributed by atoms with van der Waals surface area (Å²) in [6, 6.07) is 16.1. The van der Waals surface area contributed by atoms with Crippen LogP contribution in [0.2, 0.25) is 0 Å². The molecule has 0 saturated heterocycles. The van der Waals surface area contributed by atoms with Gasteiger partial charge in [0.15, 0.2) is 0 Å². The Morgan fingerprint density at radius 1 is 1.18 bits per heavy atom. The fraction of sp³-hybridized carbons (Fsp3) is 0.435. The van der Waals surface area contributed by atoms with Crippen LogP contribution in [0.3, 0.4) is 0 Å². The van der Waals surface area contributed by atoms with Gasteiger partial charge in [-0.2, -0.15) is 0 Å². The fourth-order valence-corrected chi connectivity index (χ4v) is 3.26. The molecule has 5 nitrogen and oxygen atoms in total. The van der Waals surface area contributed by atoms with E-state index < -0.39 is 0 Å². The van der Waals surface area contributed by atoms with Crippen LogP contribution in [-0.2, 0) is 22.4 Å². The molecule has 0 spiro atoms. The number of rotatable bonds is 10. The van der Waals surface area contributed by atoms with Gasteiger partial charge in [0.25, 0.3) is 0 Å². The molecular formula is C23H29NO4. The van der Waals surface area contributed by atoms with Crippen molar-refractivity contribution in [3.63, 3.8) is 0 Å². The Bertz CT molecular complexity index is 748. The van der Waals surface area contributed by atoms with Gasteiger partial charge in [0.05, 0.1) is 19.1 Å². The molecule has 0 aromatic heterocycles. The fourth-order valence-electron chi connectivity index (χ4n) is 3.26. The van der Waals surface area contributed by atoms with Crippen molar-refractivity contribution < 1.29 is 19.0 Å². The number of nitrogens with one attached hydrogen (secondary N) is 1. The molecule has 1 aliphatic heterocycles. The van der Waals surface area contributed by atoms with Gasteiger partial charge in [-0.15, -0.1) is 0 Å². The summed E-state index contributed by atoms with van der Waals surface area (Å²) in [5, 5.41) is 3.00. The van der Waals surface area contributed by atoms with E-state index in [2.05, 4.69) is 17.4 Å². The van der Waals surface area contributed by atoms with E-state index in [1.807, 2.05) is 43.3 Å². The number of carbonyl (C=O) groups excluding carboxylic acids is 1. The highest BCUT2D eigenvalue weighted by Gasteiger charge is 2.26. The van der Waals surface area contributed by atoms with Gasteiger partial charge in [0, 0.05) is 13.2 Å². The summed E-state index contributed by atoms with van der Waals surface area (Å²) in [4.78, 5) is 12.4. The van der Waals surface area contributed by atoms with Crippen molar-refractivity contribution in [3.05, 3.63) is 59.7 Å². The van der Waals surface area contributed by atoms with E-state index in [9.17, 15) is 4.79 Å². The van der Waals surface area contributed by atoms with E-state index in [-0.39, 0.29) is 11.8 Å². The molecule has 150 valence electrons. The standard InChI is InChI=1S/C23H29NO4/c1-2-27-21-9-10-22-19(16-21)15-20(17-28-22)23(25)24-12-6-13-26-14-11-18-7-4-3-5-8-18/h3-5,7-10,16,20H,2,6,11-15,17H2,1H3,(H,24,25). The summed E-state index contributed by atoms with van der Waals surface area (Å²) in [5.41, 5.74) is 2.31. The lowest BCUT2D eigenvalue weighted by molar-refractivity contribution is -0.126. The van der Waals surface area contributed by atoms with E-state index in [0.29, 0.717) is 39.4 Å². The lowest BCUT2D eigenvalue weighted by Gasteiger charge is -2.25. The van der Waals surface area contributed by atoms with Crippen LogP contribution in [0.1, 0.15) is 24.5 Å². The monoisotopic (exact) mass is 383 g/mol. The van der Waals surface area contributed by atoms with Crippen molar-refractivity contribution in [3.8, 4) is 11.5 Å². The first-order valence-electron chi connectivity index (χ1n) is 10.0. The van der Waals surface area contributed by atoms with Crippen molar-refractivity contribution in [1.29, 1.82) is 0 Å². The van der Waals surface area contributed by atoms with Crippen molar-refractivity contribution in [1.82, 2.24) is 5.32 Å². The number of hydrogen-bond donors (Lipinski definition) is 1. The minimum Gasteiger partial charge on any atom is -0.494 e. The summed E-state index contributed by atoms with van der Waals surface area (Å²) in [5.74, 6) is 1.54. The Balaban J connectivity index is 1.32. The van der Waals surface area contributed by atoms with Crippen LogP contribution in [0.15, 0.2) is 48.5 Å². The third-order valence-corrected chi connectivity index (χ3v) is 4.76. The highest BCUT2D eigenvalue weighted by Crippen LogP contribution is 2.30. The summed E-state index contributed by atoms with van der Waals surface area (Å²) < 4.78 is 16.9. The number of carbonyl (C=O) groups is 1. The van der Waals surface area contributed by atoms with Gasteiger partial charge in [-0.05, 0) is 55.5 Å². The maximum atomic E-state index is 12.4. The second-order valence-electron chi connectivity index (χ2n) is 6.91. The van der Waals surface area contributed by atoms with Gasteiger partial charge in [0.1, 0.15) is 18.1 Å². The maximum Gasteiger partial charge on any atom is 0.226 e. The lowest BCUT2D eigenvalue weighted by atomic mass is 9.96. The van der Waals surface area contributed by atoms with Crippen LogP contribution in [0.25, 0.3) is 0 Å². The predicted octanol–water partition coefficient (Wildman–Crippen LogP) is 3.40. The summed E-state index contributed by atoms with van der Waals surface area (Å²) in [6.07, 6.45) is 2.39. The van der Waals surface area contributed by atoms with Crippen LogP contribution in [0, 0.1) is 5.92 Å². The second-order valence-corrected chi connectivity index (χ2v) is 6.91. The van der Waals surface area contributed by atoms with Gasteiger partial charge in [-0.25, -0.2) is 0 Å². The Labute approximate surface area is 167 Å². The molecule has 0 saturated carbocycles. The smallest absolute Gasteiger partial charge is 0.226 e. The average Bonchev–Trinajstić information content (AvgIpc) is 2.73. The first kappa shape index (κ1) is 20.2. The summed E-state index contributed by atoms with van der Waals surface area (Å²) >= 11 is 0. The van der Waals surface area contributed by atoms with Crippen LogP contribution in [0.5, 0.6) is 11.5 Å². The van der Waals surface area contributed by atoms with Crippen molar-refractivity contribution in [2.24, 2.45) is 5.92 Å². The second kappa shape index (κ2) is 10.7. The van der Waals surface area contributed by atoms with E-state index in [1.54, 1.807) is 0 Å². The molecule has 2 aromatic rings.